The smallest absolute Gasteiger partial charge is 0.276 e. The molecule has 0 saturated heterocycles. The van der Waals surface area contributed by atoms with E-state index in [2.05, 4.69) is 20.3 Å². The van der Waals surface area contributed by atoms with Crippen LogP contribution in [-0.4, -0.2) is 36.4 Å². The Morgan fingerprint density at radius 3 is 2.92 bits per heavy atom. The predicted molar refractivity (Wildman–Crippen MR) is 97.4 cm³/mol. The maximum absolute atomic E-state index is 11.9. The maximum atomic E-state index is 11.9. The molecular weight excluding hydrogens is 353 g/mol. The van der Waals surface area contributed by atoms with E-state index in [-0.39, 0.29) is 11.6 Å². The fourth-order valence-corrected chi connectivity index (χ4v) is 2.13. The van der Waals surface area contributed by atoms with Crippen molar-refractivity contribution in [2.24, 2.45) is 4.99 Å². The number of nitrogens with two attached hydrogens (primary N) is 1. The quantitative estimate of drug-likeness (QED) is 0.513. The molecule has 0 spiro atoms. The second-order valence-corrected chi connectivity index (χ2v) is 5.66. The van der Waals surface area contributed by atoms with E-state index in [9.17, 15) is 4.79 Å². The molecule has 0 bridgehead atoms. The highest BCUT2D eigenvalue weighted by molar-refractivity contribution is 6.42. The third-order valence-corrected chi connectivity index (χ3v) is 3.81. The first kappa shape index (κ1) is 18.3. The molecule has 7 nitrogen and oxygen atoms in total. The van der Waals surface area contributed by atoms with Crippen LogP contribution in [0.2, 0.25) is 10.0 Å². The molecule has 1 aromatic carbocycles. The first-order valence-corrected chi connectivity index (χ1v) is 7.83. The number of rotatable bonds is 7. The monoisotopic (exact) mass is 369 g/mol. The third kappa shape index (κ3) is 4.95. The Kier molecular flexibility index (Phi) is 6.60. The zero-order valence-corrected chi connectivity index (χ0v) is 14.5. The standard InChI is InChI=1S/C15H17Cl2N5O2/c1-24-5-4-19-8-12-13(18)14(23)22-15(21-12)20-7-9-2-3-10(16)11(17)6-9/h2-3,6,8H,4-5,7,18H2,1H3,(H2,20,21,22,23). The molecule has 0 aliphatic rings. The van der Waals surface area contributed by atoms with Gasteiger partial charge >= 0.3 is 0 Å². The summed E-state index contributed by atoms with van der Waals surface area (Å²) >= 11 is 11.9. The Bertz CT molecular complexity index is 792. The van der Waals surface area contributed by atoms with E-state index in [1.54, 1.807) is 19.2 Å². The summed E-state index contributed by atoms with van der Waals surface area (Å²) in [6.07, 6.45) is 1.45. The minimum absolute atomic E-state index is 0.0104. The van der Waals surface area contributed by atoms with Gasteiger partial charge in [0.15, 0.2) is 0 Å². The summed E-state index contributed by atoms with van der Waals surface area (Å²) in [5.41, 5.74) is 6.48. The van der Waals surface area contributed by atoms with Crippen LogP contribution >= 0.6 is 23.2 Å². The Hall–Kier alpha value is -2.09. The van der Waals surface area contributed by atoms with Crippen molar-refractivity contribution in [3.8, 4) is 0 Å². The van der Waals surface area contributed by atoms with E-state index in [0.29, 0.717) is 35.4 Å². The second-order valence-electron chi connectivity index (χ2n) is 4.84. The highest BCUT2D eigenvalue weighted by atomic mass is 35.5. The van der Waals surface area contributed by atoms with Crippen molar-refractivity contribution in [1.29, 1.82) is 0 Å². The fraction of sp³-hybridized carbons (Fsp3) is 0.267. The van der Waals surface area contributed by atoms with Crippen LogP contribution in [0.15, 0.2) is 28.0 Å². The van der Waals surface area contributed by atoms with Gasteiger partial charge in [-0.2, -0.15) is 0 Å². The molecular formula is C15H17Cl2N5O2. The van der Waals surface area contributed by atoms with E-state index in [4.69, 9.17) is 33.7 Å². The van der Waals surface area contributed by atoms with Gasteiger partial charge in [0, 0.05) is 19.9 Å². The summed E-state index contributed by atoms with van der Waals surface area (Å²) in [5, 5.41) is 3.95. The first-order chi connectivity index (χ1) is 11.5. The van der Waals surface area contributed by atoms with Crippen LogP contribution in [0.4, 0.5) is 11.6 Å². The number of aromatic nitrogens is 2. The molecule has 0 aliphatic heterocycles. The van der Waals surface area contributed by atoms with E-state index < -0.39 is 5.56 Å². The van der Waals surface area contributed by atoms with Gasteiger partial charge in [-0.05, 0) is 17.7 Å². The van der Waals surface area contributed by atoms with Gasteiger partial charge in [0.2, 0.25) is 5.95 Å². The number of hydrogen-bond donors (Lipinski definition) is 3. The van der Waals surface area contributed by atoms with E-state index in [1.165, 1.54) is 6.21 Å². The Morgan fingerprint density at radius 2 is 2.21 bits per heavy atom. The zero-order valence-electron chi connectivity index (χ0n) is 13.0. The molecule has 0 saturated carbocycles. The summed E-state index contributed by atoms with van der Waals surface area (Å²) in [4.78, 5) is 22.8. The number of anilines is 2. The Morgan fingerprint density at radius 1 is 1.42 bits per heavy atom. The number of halogens is 2. The molecule has 1 aromatic heterocycles. The molecule has 2 rings (SSSR count). The lowest BCUT2D eigenvalue weighted by Crippen LogP contribution is -2.19. The van der Waals surface area contributed by atoms with Crippen LogP contribution in [0.3, 0.4) is 0 Å². The highest BCUT2D eigenvalue weighted by Crippen LogP contribution is 2.22. The molecule has 1 heterocycles. The molecule has 0 amide bonds. The molecule has 0 aliphatic carbocycles. The molecule has 2 aromatic rings. The topological polar surface area (TPSA) is 105 Å². The van der Waals surface area contributed by atoms with Gasteiger partial charge in [0.05, 0.1) is 23.2 Å². The van der Waals surface area contributed by atoms with Crippen LogP contribution in [0.5, 0.6) is 0 Å². The summed E-state index contributed by atoms with van der Waals surface area (Å²) < 4.78 is 4.90. The molecule has 9 heteroatoms. The van der Waals surface area contributed by atoms with Crippen LogP contribution in [0, 0.1) is 0 Å². The first-order valence-electron chi connectivity index (χ1n) is 7.07. The van der Waals surface area contributed by atoms with Crippen molar-refractivity contribution in [2.75, 3.05) is 31.3 Å². The second kappa shape index (κ2) is 8.68. The lowest BCUT2D eigenvalue weighted by molar-refractivity contribution is 0.208. The number of aromatic amines is 1. The third-order valence-electron chi connectivity index (χ3n) is 3.07. The highest BCUT2D eigenvalue weighted by Gasteiger charge is 2.07. The lowest BCUT2D eigenvalue weighted by Gasteiger charge is -2.08. The molecule has 0 fully saturated rings. The van der Waals surface area contributed by atoms with Gasteiger partial charge in [-0.1, -0.05) is 29.3 Å². The predicted octanol–water partition coefficient (Wildman–Crippen LogP) is 2.34. The van der Waals surface area contributed by atoms with Crippen molar-refractivity contribution >= 4 is 41.1 Å². The van der Waals surface area contributed by atoms with Gasteiger partial charge in [0.1, 0.15) is 11.4 Å². The number of ether oxygens (including phenoxy) is 1. The van der Waals surface area contributed by atoms with E-state index >= 15 is 0 Å². The number of nitrogen functional groups attached to an aromatic ring is 1. The van der Waals surface area contributed by atoms with Gasteiger partial charge in [-0.15, -0.1) is 0 Å². The largest absolute Gasteiger partial charge is 0.392 e. The van der Waals surface area contributed by atoms with Crippen molar-refractivity contribution < 1.29 is 4.74 Å². The number of hydrogen-bond acceptors (Lipinski definition) is 6. The summed E-state index contributed by atoms with van der Waals surface area (Å²) in [6.45, 7) is 1.34. The molecule has 24 heavy (non-hydrogen) atoms. The number of methoxy groups -OCH3 is 1. The SMILES string of the molecule is COCCN=Cc1nc(NCc2ccc(Cl)c(Cl)c2)[nH]c(=O)c1N. The van der Waals surface area contributed by atoms with Crippen LogP contribution < -0.4 is 16.6 Å². The number of benzene rings is 1. The number of nitrogens with zero attached hydrogens (tertiary/aromatic N) is 2. The zero-order chi connectivity index (χ0) is 17.5. The summed E-state index contributed by atoms with van der Waals surface area (Å²) in [6, 6.07) is 5.26. The van der Waals surface area contributed by atoms with E-state index in [1.807, 2.05) is 6.07 Å². The van der Waals surface area contributed by atoms with Crippen molar-refractivity contribution in [2.45, 2.75) is 6.54 Å². The summed E-state index contributed by atoms with van der Waals surface area (Å²) in [5.74, 6) is 0.286. The molecule has 0 unspecified atom stereocenters. The molecule has 128 valence electrons. The van der Waals surface area contributed by atoms with Gasteiger partial charge < -0.3 is 15.8 Å². The average Bonchev–Trinajstić information content (AvgIpc) is 2.56. The van der Waals surface area contributed by atoms with Crippen molar-refractivity contribution in [3.05, 3.63) is 49.9 Å². The Balaban J connectivity index is 2.12. The maximum Gasteiger partial charge on any atom is 0.276 e. The molecule has 0 radical (unpaired) electrons. The lowest BCUT2D eigenvalue weighted by atomic mass is 10.2. The summed E-state index contributed by atoms with van der Waals surface area (Å²) in [7, 11) is 1.58. The van der Waals surface area contributed by atoms with Gasteiger partial charge in [-0.3, -0.25) is 14.8 Å². The minimum Gasteiger partial charge on any atom is -0.392 e. The number of nitrogens with one attached hydrogen (secondary N) is 2. The number of aliphatic imine (C=N–C) groups is 1. The van der Waals surface area contributed by atoms with Crippen LogP contribution in [0.25, 0.3) is 0 Å². The Labute approximate surface area is 148 Å². The minimum atomic E-state index is -0.435. The van der Waals surface area contributed by atoms with Gasteiger partial charge in [-0.25, -0.2) is 4.98 Å². The molecule has 4 N–H and O–H groups in total. The van der Waals surface area contributed by atoms with Crippen LogP contribution in [-0.2, 0) is 11.3 Å². The molecule has 0 atom stereocenters. The fourth-order valence-electron chi connectivity index (χ4n) is 1.81. The van der Waals surface area contributed by atoms with Crippen molar-refractivity contribution in [1.82, 2.24) is 9.97 Å². The van der Waals surface area contributed by atoms with Gasteiger partial charge in [0.25, 0.3) is 5.56 Å². The van der Waals surface area contributed by atoms with Crippen molar-refractivity contribution in [3.63, 3.8) is 0 Å². The average molecular weight is 370 g/mol. The van der Waals surface area contributed by atoms with Crippen LogP contribution in [0.1, 0.15) is 11.3 Å². The number of H-pyrrole nitrogens is 1. The van der Waals surface area contributed by atoms with E-state index in [0.717, 1.165) is 5.56 Å². The normalized spacial score (nSPS) is 11.1.